The smallest absolute Gasteiger partial charge is 0.214 e. The van der Waals surface area contributed by atoms with Gasteiger partial charge in [-0.1, -0.05) is 20.8 Å². The predicted molar refractivity (Wildman–Crippen MR) is 78.9 cm³/mol. The molecule has 2 rings (SSSR count). The van der Waals surface area contributed by atoms with E-state index in [1.54, 1.807) is 0 Å². The molecular formula is C13H24N4O3S. The number of piperidine rings is 1. The summed E-state index contributed by atoms with van der Waals surface area (Å²) in [5.74, 6) is 0.103. The maximum Gasteiger partial charge on any atom is 0.214 e. The zero-order chi connectivity index (χ0) is 15.7. The fourth-order valence-corrected chi connectivity index (χ4v) is 4.38. The SMILES string of the molecule is CC(C)(C)CCS(=O)(=O)N1CCCC(O)(c2cn[nH]n2)C1. The normalized spacial score (nSPS) is 25.1. The van der Waals surface area contributed by atoms with Crippen LogP contribution in [-0.4, -0.2) is 52.1 Å². The molecule has 1 fully saturated rings. The number of β-amino-alcohol motifs (C(OH)–C–C–N with tert-alkyl or cyclic N) is 1. The lowest BCUT2D eigenvalue weighted by Crippen LogP contribution is -2.49. The van der Waals surface area contributed by atoms with E-state index >= 15 is 0 Å². The van der Waals surface area contributed by atoms with Gasteiger partial charge in [0.15, 0.2) is 0 Å². The fraction of sp³-hybridized carbons (Fsp3) is 0.846. The second kappa shape index (κ2) is 5.66. The molecule has 0 amide bonds. The van der Waals surface area contributed by atoms with Crippen molar-refractivity contribution in [2.24, 2.45) is 5.41 Å². The molecular weight excluding hydrogens is 292 g/mol. The largest absolute Gasteiger partial charge is 0.382 e. The van der Waals surface area contributed by atoms with Crippen LogP contribution in [0.15, 0.2) is 6.20 Å². The van der Waals surface area contributed by atoms with E-state index < -0.39 is 15.6 Å². The molecule has 2 heterocycles. The Morgan fingerprint density at radius 2 is 2.19 bits per heavy atom. The number of aliphatic hydroxyl groups is 1. The van der Waals surface area contributed by atoms with Crippen molar-refractivity contribution in [3.63, 3.8) is 0 Å². The van der Waals surface area contributed by atoms with Crippen LogP contribution in [0, 0.1) is 5.41 Å². The van der Waals surface area contributed by atoms with Gasteiger partial charge in [-0.25, -0.2) is 8.42 Å². The van der Waals surface area contributed by atoms with E-state index in [0.29, 0.717) is 31.5 Å². The van der Waals surface area contributed by atoms with Crippen molar-refractivity contribution in [3.05, 3.63) is 11.9 Å². The van der Waals surface area contributed by atoms with E-state index in [1.165, 1.54) is 10.5 Å². The third kappa shape index (κ3) is 4.02. The number of nitrogens with zero attached hydrogens (tertiary/aromatic N) is 3. The Hall–Kier alpha value is -0.990. The molecule has 1 aliphatic heterocycles. The summed E-state index contributed by atoms with van der Waals surface area (Å²) >= 11 is 0. The van der Waals surface area contributed by atoms with Gasteiger partial charge in [0.05, 0.1) is 11.9 Å². The molecule has 8 heteroatoms. The molecule has 1 unspecified atom stereocenters. The molecule has 120 valence electrons. The van der Waals surface area contributed by atoms with Crippen molar-refractivity contribution in [3.8, 4) is 0 Å². The number of aromatic nitrogens is 3. The summed E-state index contributed by atoms with van der Waals surface area (Å²) in [6.45, 7) is 6.55. The summed E-state index contributed by atoms with van der Waals surface area (Å²) in [5.41, 5.74) is -0.885. The molecule has 1 saturated heterocycles. The van der Waals surface area contributed by atoms with Gasteiger partial charge in [0.25, 0.3) is 0 Å². The lowest BCUT2D eigenvalue weighted by Gasteiger charge is -2.37. The van der Waals surface area contributed by atoms with Gasteiger partial charge in [0.1, 0.15) is 11.3 Å². The van der Waals surface area contributed by atoms with E-state index in [2.05, 4.69) is 15.4 Å². The highest BCUT2D eigenvalue weighted by molar-refractivity contribution is 7.89. The first-order valence-electron chi connectivity index (χ1n) is 7.19. The van der Waals surface area contributed by atoms with Crippen LogP contribution in [0.1, 0.15) is 45.7 Å². The number of hydrogen-bond donors (Lipinski definition) is 2. The highest BCUT2D eigenvalue weighted by Gasteiger charge is 2.41. The van der Waals surface area contributed by atoms with Crippen molar-refractivity contribution in [2.45, 2.75) is 45.6 Å². The third-order valence-electron chi connectivity index (χ3n) is 3.83. The van der Waals surface area contributed by atoms with Gasteiger partial charge in [-0.3, -0.25) is 0 Å². The lowest BCUT2D eigenvalue weighted by atomic mass is 9.91. The van der Waals surface area contributed by atoms with Crippen molar-refractivity contribution in [2.75, 3.05) is 18.8 Å². The number of nitrogens with one attached hydrogen (secondary N) is 1. The van der Waals surface area contributed by atoms with Crippen LogP contribution in [0.4, 0.5) is 0 Å². The second-order valence-corrected chi connectivity index (χ2v) is 9.04. The lowest BCUT2D eigenvalue weighted by molar-refractivity contribution is -0.0161. The molecule has 0 bridgehead atoms. The summed E-state index contributed by atoms with van der Waals surface area (Å²) in [5, 5.41) is 20.7. The minimum absolute atomic E-state index is 0.0364. The number of H-pyrrole nitrogens is 1. The summed E-state index contributed by atoms with van der Waals surface area (Å²) in [4.78, 5) is 0. The molecule has 1 aromatic rings. The van der Waals surface area contributed by atoms with Gasteiger partial charge < -0.3 is 5.11 Å². The molecule has 0 spiro atoms. The van der Waals surface area contributed by atoms with E-state index in [1.807, 2.05) is 20.8 Å². The molecule has 0 aromatic carbocycles. The van der Waals surface area contributed by atoms with Crippen LogP contribution >= 0.6 is 0 Å². The minimum atomic E-state index is -3.36. The van der Waals surface area contributed by atoms with Crippen LogP contribution in [0.2, 0.25) is 0 Å². The maximum atomic E-state index is 12.5. The summed E-state index contributed by atoms with van der Waals surface area (Å²) < 4.78 is 26.3. The molecule has 0 saturated carbocycles. The summed E-state index contributed by atoms with van der Waals surface area (Å²) in [6.07, 6.45) is 3.14. The Morgan fingerprint density at radius 1 is 1.48 bits per heavy atom. The standard InChI is InChI=1S/C13H24N4O3S/c1-12(2,3)6-8-21(19,20)17-7-4-5-13(18,10-17)11-9-14-16-15-11/h9,18H,4-8,10H2,1-3H3,(H,14,15,16). The molecule has 1 aliphatic rings. The Kier molecular flexibility index (Phi) is 4.41. The first-order valence-corrected chi connectivity index (χ1v) is 8.80. The van der Waals surface area contributed by atoms with E-state index in [0.717, 1.165) is 0 Å². The molecule has 1 aromatic heterocycles. The highest BCUT2D eigenvalue weighted by Crippen LogP contribution is 2.31. The van der Waals surface area contributed by atoms with Gasteiger partial charge >= 0.3 is 0 Å². The topological polar surface area (TPSA) is 99.2 Å². The number of rotatable bonds is 4. The number of sulfonamides is 1. The Balaban J connectivity index is 2.10. The first kappa shape index (κ1) is 16.4. The number of aromatic amines is 1. The Bertz CT molecular complexity index is 565. The van der Waals surface area contributed by atoms with Crippen LogP contribution in [-0.2, 0) is 15.6 Å². The highest BCUT2D eigenvalue weighted by atomic mass is 32.2. The predicted octanol–water partition coefficient (Wildman–Crippen LogP) is 0.854. The van der Waals surface area contributed by atoms with E-state index in [9.17, 15) is 13.5 Å². The molecule has 7 nitrogen and oxygen atoms in total. The Morgan fingerprint density at radius 3 is 2.76 bits per heavy atom. The minimum Gasteiger partial charge on any atom is -0.382 e. The second-order valence-electron chi connectivity index (χ2n) is 6.95. The summed E-state index contributed by atoms with van der Waals surface area (Å²) in [6, 6.07) is 0. The molecule has 0 aliphatic carbocycles. The van der Waals surface area contributed by atoms with Gasteiger partial charge in [0, 0.05) is 13.1 Å². The average Bonchev–Trinajstić information content (AvgIpc) is 2.90. The van der Waals surface area contributed by atoms with Gasteiger partial charge in [-0.15, -0.1) is 0 Å². The van der Waals surface area contributed by atoms with Crippen molar-refractivity contribution in [1.82, 2.24) is 19.7 Å². The number of hydrogen-bond acceptors (Lipinski definition) is 5. The van der Waals surface area contributed by atoms with Crippen LogP contribution in [0.5, 0.6) is 0 Å². The summed E-state index contributed by atoms with van der Waals surface area (Å²) in [7, 11) is -3.36. The van der Waals surface area contributed by atoms with Crippen LogP contribution < -0.4 is 0 Å². The molecule has 2 N–H and O–H groups in total. The molecule has 1 atom stereocenters. The third-order valence-corrected chi connectivity index (χ3v) is 5.65. The van der Waals surface area contributed by atoms with Crippen molar-refractivity contribution < 1.29 is 13.5 Å². The van der Waals surface area contributed by atoms with E-state index in [-0.39, 0.29) is 17.7 Å². The van der Waals surface area contributed by atoms with Crippen molar-refractivity contribution in [1.29, 1.82) is 0 Å². The fourth-order valence-electron chi connectivity index (χ4n) is 2.43. The zero-order valence-electron chi connectivity index (χ0n) is 12.8. The quantitative estimate of drug-likeness (QED) is 0.858. The van der Waals surface area contributed by atoms with Crippen molar-refractivity contribution >= 4 is 10.0 Å². The zero-order valence-corrected chi connectivity index (χ0v) is 13.7. The maximum absolute atomic E-state index is 12.5. The van der Waals surface area contributed by atoms with Gasteiger partial charge in [-0.2, -0.15) is 19.7 Å². The van der Waals surface area contributed by atoms with Crippen LogP contribution in [0.25, 0.3) is 0 Å². The van der Waals surface area contributed by atoms with Gasteiger partial charge in [-0.05, 0) is 24.7 Å². The first-order chi connectivity index (χ1) is 9.62. The molecule has 21 heavy (non-hydrogen) atoms. The van der Waals surface area contributed by atoms with E-state index in [4.69, 9.17) is 0 Å². The van der Waals surface area contributed by atoms with Crippen LogP contribution in [0.3, 0.4) is 0 Å². The average molecular weight is 316 g/mol. The molecule has 0 radical (unpaired) electrons. The van der Waals surface area contributed by atoms with Gasteiger partial charge in [0.2, 0.25) is 10.0 Å². The monoisotopic (exact) mass is 316 g/mol. The Labute approximate surface area is 125 Å².